The smallest absolute Gasteiger partial charge is 0.265 e. The topological polar surface area (TPSA) is 47.8 Å². The number of aryl methyl sites for hydroxylation is 1. The second-order valence-corrected chi connectivity index (χ2v) is 7.05. The molecule has 0 N–H and O–H groups in total. The summed E-state index contributed by atoms with van der Waals surface area (Å²) in [5.74, 6) is 0. The zero-order valence-corrected chi connectivity index (χ0v) is 12.6. The van der Waals surface area contributed by atoms with Gasteiger partial charge in [0.25, 0.3) is 5.56 Å². The van der Waals surface area contributed by atoms with Gasteiger partial charge in [0.1, 0.15) is 0 Å². The molecule has 0 saturated heterocycles. The van der Waals surface area contributed by atoms with Gasteiger partial charge in [-0.3, -0.25) is 4.79 Å². The lowest BCUT2D eigenvalue weighted by Crippen LogP contribution is -2.29. The molecule has 1 fully saturated rings. The SMILES string of the molecule is Cc1nn(C2CCCCC2)c(=O)c2nc(Br)sc12. The summed E-state index contributed by atoms with van der Waals surface area (Å²) < 4.78 is 3.32. The Morgan fingerprint density at radius 2 is 2.06 bits per heavy atom. The number of thiazole rings is 1. The van der Waals surface area contributed by atoms with E-state index in [4.69, 9.17) is 0 Å². The summed E-state index contributed by atoms with van der Waals surface area (Å²) in [5, 5.41) is 4.49. The second-order valence-electron chi connectivity index (χ2n) is 4.77. The van der Waals surface area contributed by atoms with Crippen molar-refractivity contribution in [2.75, 3.05) is 0 Å². The standard InChI is InChI=1S/C12H14BrN3OS/c1-7-10-9(14-12(13)18-10)11(17)16(15-7)8-5-3-2-4-6-8/h8H,2-6H2,1H3. The summed E-state index contributed by atoms with van der Waals surface area (Å²) in [4.78, 5) is 16.7. The van der Waals surface area contributed by atoms with Gasteiger partial charge in [-0.15, -0.1) is 11.3 Å². The minimum Gasteiger partial charge on any atom is -0.265 e. The van der Waals surface area contributed by atoms with Gasteiger partial charge >= 0.3 is 0 Å². The van der Waals surface area contributed by atoms with Crippen LogP contribution in [-0.2, 0) is 0 Å². The number of nitrogens with zero attached hydrogens (tertiary/aromatic N) is 3. The largest absolute Gasteiger partial charge is 0.294 e. The van der Waals surface area contributed by atoms with Crippen molar-refractivity contribution in [2.45, 2.75) is 45.1 Å². The third-order valence-electron chi connectivity index (χ3n) is 3.52. The lowest BCUT2D eigenvalue weighted by Gasteiger charge is -2.22. The van der Waals surface area contributed by atoms with E-state index in [2.05, 4.69) is 26.0 Å². The van der Waals surface area contributed by atoms with Crippen LogP contribution >= 0.6 is 27.3 Å². The molecule has 2 aromatic heterocycles. The second kappa shape index (κ2) is 4.74. The lowest BCUT2D eigenvalue weighted by molar-refractivity contribution is 0.318. The highest BCUT2D eigenvalue weighted by molar-refractivity contribution is 9.11. The highest BCUT2D eigenvalue weighted by Crippen LogP contribution is 2.29. The minimum absolute atomic E-state index is 0.0375. The summed E-state index contributed by atoms with van der Waals surface area (Å²) in [5.41, 5.74) is 1.42. The van der Waals surface area contributed by atoms with Crippen molar-refractivity contribution < 1.29 is 0 Å². The van der Waals surface area contributed by atoms with Crippen LogP contribution in [-0.4, -0.2) is 14.8 Å². The predicted molar refractivity (Wildman–Crippen MR) is 76.2 cm³/mol. The number of rotatable bonds is 1. The Morgan fingerprint density at radius 1 is 1.33 bits per heavy atom. The van der Waals surface area contributed by atoms with Crippen LogP contribution in [0.3, 0.4) is 0 Å². The van der Waals surface area contributed by atoms with E-state index in [1.165, 1.54) is 30.6 Å². The highest BCUT2D eigenvalue weighted by Gasteiger charge is 2.20. The summed E-state index contributed by atoms with van der Waals surface area (Å²) in [7, 11) is 0. The maximum Gasteiger partial charge on any atom is 0.294 e. The van der Waals surface area contributed by atoms with Crippen LogP contribution < -0.4 is 5.56 Å². The zero-order chi connectivity index (χ0) is 12.7. The maximum absolute atomic E-state index is 12.4. The fourth-order valence-electron chi connectivity index (χ4n) is 2.62. The molecule has 2 heterocycles. The first kappa shape index (κ1) is 12.3. The van der Waals surface area contributed by atoms with E-state index in [0.717, 1.165) is 27.2 Å². The molecule has 0 spiro atoms. The first-order chi connectivity index (χ1) is 8.66. The molecule has 6 heteroatoms. The van der Waals surface area contributed by atoms with Crippen LogP contribution in [0.1, 0.15) is 43.8 Å². The molecule has 1 saturated carbocycles. The number of hydrogen-bond acceptors (Lipinski definition) is 4. The molecule has 1 aliphatic rings. The quantitative estimate of drug-likeness (QED) is 0.806. The third-order valence-corrected chi connectivity index (χ3v) is 5.13. The maximum atomic E-state index is 12.4. The van der Waals surface area contributed by atoms with Crippen molar-refractivity contribution in [3.63, 3.8) is 0 Å². The monoisotopic (exact) mass is 327 g/mol. The van der Waals surface area contributed by atoms with E-state index in [1.807, 2.05) is 6.92 Å². The minimum atomic E-state index is -0.0375. The molecule has 1 aliphatic carbocycles. The van der Waals surface area contributed by atoms with Gasteiger partial charge in [-0.1, -0.05) is 19.3 Å². The molecular weight excluding hydrogens is 314 g/mol. The first-order valence-electron chi connectivity index (χ1n) is 6.22. The molecule has 2 aromatic rings. The summed E-state index contributed by atoms with van der Waals surface area (Å²) in [6, 6.07) is 0.259. The van der Waals surface area contributed by atoms with Gasteiger partial charge in [0, 0.05) is 0 Å². The molecule has 18 heavy (non-hydrogen) atoms. The Kier molecular flexibility index (Phi) is 3.23. The average molecular weight is 328 g/mol. The number of halogens is 1. The normalized spacial score (nSPS) is 17.4. The Balaban J connectivity index is 2.17. The van der Waals surface area contributed by atoms with Gasteiger partial charge in [0.15, 0.2) is 9.43 Å². The van der Waals surface area contributed by atoms with Crippen molar-refractivity contribution in [3.05, 3.63) is 20.0 Å². The van der Waals surface area contributed by atoms with E-state index in [0.29, 0.717) is 5.52 Å². The lowest BCUT2D eigenvalue weighted by atomic mass is 9.96. The Bertz CT molecular complexity index is 643. The van der Waals surface area contributed by atoms with Crippen molar-refractivity contribution in [2.24, 2.45) is 0 Å². The number of hydrogen-bond donors (Lipinski definition) is 0. The summed E-state index contributed by atoms with van der Waals surface area (Å²) in [6.45, 7) is 1.95. The molecule has 0 bridgehead atoms. The van der Waals surface area contributed by atoms with Crippen molar-refractivity contribution in [1.82, 2.24) is 14.8 Å². The predicted octanol–water partition coefficient (Wildman–Crippen LogP) is 3.43. The van der Waals surface area contributed by atoms with Gasteiger partial charge in [-0.25, -0.2) is 9.67 Å². The Hall–Kier alpha value is -0.750. The molecule has 0 amide bonds. The molecule has 0 atom stereocenters. The molecule has 96 valence electrons. The van der Waals surface area contributed by atoms with Crippen LogP contribution in [0, 0.1) is 6.92 Å². The van der Waals surface area contributed by atoms with Gasteiger partial charge < -0.3 is 0 Å². The highest BCUT2D eigenvalue weighted by atomic mass is 79.9. The zero-order valence-electron chi connectivity index (χ0n) is 10.1. The van der Waals surface area contributed by atoms with Gasteiger partial charge in [-0.05, 0) is 35.7 Å². The fraction of sp³-hybridized carbons (Fsp3) is 0.583. The fourth-order valence-corrected chi connectivity index (χ4v) is 4.00. The molecule has 4 nitrogen and oxygen atoms in total. The van der Waals surface area contributed by atoms with E-state index in [9.17, 15) is 4.79 Å². The Morgan fingerprint density at radius 3 is 2.78 bits per heavy atom. The molecule has 3 rings (SSSR count). The van der Waals surface area contributed by atoms with Crippen molar-refractivity contribution >= 4 is 37.5 Å². The average Bonchev–Trinajstić information content (AvgIpc) is 2.78. The molecular formula is C12H14BrN3OS. The van der Waals surface area contributed by atoms with E-state index >= 15 is 0 Å². The summed E-state index contributed by atoms with van der Waals surface area (Å²) in [6.07, 6.45) is 5.77. The van der Waals surface area contributed by atoms with Crippen molar-refractivity contribution in [3.8, 4) is 0 Å². The van der Waals surface area contributed by atoms with Crippen LogP contribution in [0.15, 0.2) is 8.71 Å². The number of fused-ring (bicyclic) bond motifs is 1. The van der Waals surface area contributed by atoms with Gasteiger partial charge in [0.05, 0.1) is 16.4 Å². The van der Waals surface area contributed by atoms with Crippen LogP contribution in [0.25, 0.3) is 10.2 Å². The van der Waals surface area contributed by atoms with Crippen molar-refractivity contribution in [1.29, 1.82) is 0 Å². The van der Waals surface area contributed by atoms with Crippen LogP contribution in [0.5, 0.6) is 0 Å². The third kappa shape index (κ3) is 2.01. The first-order valence-corrected chi connectivity index (χ1v) is 7.83. The molecule has 0 radical (unpaired) electrons. The summed E-state index contributed by atoms with van der Waals surface area (Å²) >= 11 is 4.82. The molecule has 0 aliphatic heterocycles. The molecule has 0 aromatic carbocycles. The van der Waals surface area contributed by atoms with Crippen LogP contribution in [0.2, 0.25) is 0 Å². The van der Waals surface area contributed by atoms with Gasteiger partial charge in [-0.2, -0.15) is 5.10 Å². The van der Waals surface area contributed by atoms with E-state index in [-0.39, 0.29) is 11.6 Å². The van der Waals surface area contributed by atoms with Gasteiger partial charge in [0.2, 0.25) is 0 Å². The van der Waals surface area contributed by atoms with E-state index in [1.54, 1.807) is 4.68 Å². The van der Waals surface area contributed by atoms with Crippen LogP contribution in [0.4, 0.5) is 0 Å². The molecule has 0 unspecified atom stereocenters. The van der Waals surface area contributed by atoms with E-state index < -0.39 is 0 Å². The number of aromatic nitrogens is 3. The Labute approximate surface area is 117 Å².